The number of amides is 3. The summed E-state index contributed by atoms with van der Waals surface area (Å²) in [7, 11) is 0. The van der Waals surface area contributed by atoms with Gasteiger partial charge in [0.25, 0.3) is 5.91 Å². The van der Waals surface area contributed by atoms with Crippen LogP contribution >= 0.6 is 0 Å². The first-order chi connectivity index (χ1) is 13.0. The van der Waals surface area contributed by atoms with Crippen molar-refractivity contribution >= 4 is 23.4 Å². The Morgan fingerprint density at radius 1 is 0.963 bits per heavy atom. The van der Waals surface area contributed by atoms with Crippen molar-refractivity contribution < 1.29 is 14.4 Å². The highest BCUT2D eigenvalue weighted by Gasteiger charge is 2.31. The van der Waals surface area contributed by atoms with Crippen LogP contribution < -0.4 is 5.32 Å². The molecule has 1 N–H and O–H groups in total. The average Bonchev–Trinajstić information content (AvgIpc) is 2.68. The van der Waals surface area contributed by atoms with E-state index in [-0.39, 0.29) is 5.91 Å². The van der Waals surface area contributed by atoms with Crippen molar-refractivity contribution in [3.8, 4) is 0 Å². The first-order valence-electron chi connectivity index (χ1n) is 9.03. The molecule has 6 heteroatoms. The van der Waals surface area contributed by atoms with Gasteiger partial charge in [-0.1, -0.05) is 30.3 Å². The van der Waals surface area contributed by atoms with Gasteiger partial charge in [-0.25, -0.2) is 0 Å². The lowest BCUT2D eigenvalue weighted by Gasteiger charge is -2.33. The molecule has 0 atom stereocenters. The van der Waals surface area contributed by atoms with Crippen LogP contribution in [0.4, 0.5) is 5.69 Å². The maximum Gasteiger partial charge on any atom is 0.312 e. The molecule has 0 spiro atoms. The fraction of sp³-hybridized carbons (Fsp3) is 0.286. The molecule has 3 amide bonds. The number of benzene rings is 2. The predicted molar refractivity (Wildman–Crippen MR) is 103 cm³/mol. The maximum absolute atomic E-state index is 12.4. The summed E-state index contributed by atoms with van der Waals surface area (Å²) in [6.07, 6.45) is 0. The molecule has 0 saturated carbocycles. The lowest BCUT2D eigenvalue weighted by Crippen LogP contribution is -2.53. The monoisotopic (exact) mass is 365 g/mol. The van der Waals surface area contributed by atoms with E-state index in [4.69, 9.17) is 0 Å². The Morgan fingerprint density at radius 3 is 2.26 bits per heavy atom. The quantitative estimate of drug-likeness (QED) is 0.828. The van der Waals surface area contributed by atoms with Crippen molar-refractivity contribution in [1.82, 2.24) is 9.80 Å². The van der Waals surface area contributed by atoms with Crippen LogP contribution in [-0.4, -0.2) is 47.2 Å². The van der Waals surface area contributed by atoms with Crippen LogP contribution in [0.5, 0.6) is 0 Å². The van der Waals surface area contributed by atoms with Crippen molar-refractivity contribution in [2.45, 2.75) is 20.4 Å². The van der Waals surface area contributed by atoms with E-state index in [0.29, 0.717) is 31.7 Å². The number of aryl methyl sites for hydroxylation is 1. The minimum absolute atomic E-state index is 0.182. The zero-order valence-corrected chi connectivity index (χ0v) is 15.6. The third-order valence-corrected chi connectivity index (χ3v) is 4.76. The second kappa shape index (κ2) is 8.03. The number of anilines is 1. The molecule has 3 rings (SSSR count). The lowest BCUT2D eigenvalue weighted by molar-refractivity contribution is -0.156. The fourth-order valence-electron chi connectivity index (χ4n) is 3.06. The number of piperazine rings is 1. The largest absolute Gasteiger partial charge is 0.333 e. The molecule has 1 heterocycles. The van der Waals surface area contributed by atoms with Gasteiger partial charge in [-0.3, -0.25) is 14.4 Å². The Hall–Kier alpha value is -3.15. The summed E-state index contributed by atoms with van der Waals surface area (Å²) in [6, 6.07) is 14.7. The van der Waals surface area contributed by atoms with E-state index in [2.05, 4.69) is 5.32 Å². The number of likely N-dealkylation sites (N-methyl/N-ethyl adjacent to an activating group) is 1. The zero-order chi connectivity index (χ0) is 19.4. The van der Waals surface area contributed by atoms with Gasteiger partial charge < -0.3 is 15.1 Å². The smallest absolute Gasteiger partial charge is 0.312 e. The normalized spacial score (nSPS) is 14.4. The lowest BCUT2D eigenvalue weighted by atomic mass is 10.1. The molecule has 140 valence electrons. The van der Waals surface area contributed by atoms with E-state index in [1.165, 1.54) is 0 Å². The Balaban J connectivity index is 1.64. The molecule has 1 aliphatic rings. The fourth-order valence-corrected chi connectivity index (χ4v) is 3.06. The summed E-state index contributed by atoms with van der Waals surface area (Å²) in [5, 5.41) is 2.90. The molecule has 0 bridgehead atoms. The molecule has 1 saturated heterocycles. The molecule has 27 heavy (non-hydrogen) atoms. The van der Waals surface area contributed by atoms with E-state index < -0.39 is 11.8 Å². The second-order valence-corrected chi connectivity index (χ2v) is 6.58. The molecule has 2 aromatic carbocycles. The first kappa shape index (κ1) is 18.6. The summed E-state index contributed by atoms with van der Waals surface area (Å²) in [5.41, 5.74) is 3.20. The van der Waals surface area contributed by atoms with Crippen LogP contribution in [0.2, 0.25) is 0 Å². The molecule has 0 unspecified atom stereocenters. The van der Waals surface area contributed by atoms with E-state index in [1.54, 1.807) is 21.9 Å². The molecule has 0 radical (unpaired) electrons. The molecular formula is C21H23N3O3. The van der Waals surface area contributed by atoms with Crippen LogP contribution in [0, 0.1) is 6.92 Å². The highest BCUT2D eigenvalue weighted by Crippen LogP contribution is 2.16. The van der Waals surface area contributed by atoms with Crippen LogP contribution in [-0.2, 0) is 16.1 Å². The predicted octanol–water partition coefficient (Wildman–Crippen LogP) is 2.44. The van der Waals surface area contributed by atoms with Crippen LogP contribution in [0.3, 0.4) is 0 Å². The number of nitrogens with one attached hydrogen (secondary N) is 1. The van der Waals surface area contributed by atoms with Gasteiger partial charge in [0.1, 0.15) is 0 Å². The van der Waals surface area contributed by atoms with Crippen molar-refractivity contribution in [3.05, 3.63) is 65.2 Å². The first-order valence-corrected chi connectivity index (χ1v) is 9.03. The van der Waals surface area contributed by atoms with Gasteiger partial charge in [0.2, 0.25) is 0 Å². The number of carbonyl (C=O) groups excluding carboxylic acids is 3. The van der Waals surface area contributed by atoms with Crippen LogP contribution in [0.1, 0.15) is 28.4 Å². The standard InChI is InChI=1S/C21H23N3O3/c1-3-23-12-13-24(21(27)20(23)26)14-16-8-10-17(11-9-16)19(25)22-18-7-5-4-6-15(18)2/h4-11H,3,12-14H2,1-2H3,(H,22,25). The number of carbonyl (C=O) groups is 3. The maximum atomic E-state index is 12.4. The van der Waals surface area contributed by atoms with Gasteiger partial charge >= 0.3 is 11.8 Å². The van der Waals surface area contributed by atoms with Gasteiger partial charge in [0.05, 0.1) is 0 Å². The number of hydrogen-bond acceptors (Lipinski definition) is 3. The highest BCUT2D eigenvalue weighted by atomic mass is 16.2. The summed E-state index contributed by atoms with van der Waals surface area (Å²) >= 11 is 0. The van der Waals surface area contributed by atoms with Crippen molar-refractivity contribution in [2.75, 3.05) is 25.0 Å². The zero-order valence-electron chi connectivity index (χ0n) is 15.6. The van der Waals surface area contributed by atoms with Crippen molar-refractivity contribution in [2.24, 2.45) is 0 Å². The average molecular weight is 365 g/mol. The van der Waals surface area contributed by atoms with Crippen molar-refractivity contribution in [1.29, 1.82) is 0 Å². The molecule has 2 aromatic rings. The molecule has 0 aliphatic carbocycles. The van der Waals surface area contributed by atoms with Gasteiger partial charge in [-0.2, -0.15) is 0 Å². The number of para-hydroxylation sites is 1. The number of hydrogen-bond donors (Lipinski definition) is 1. The topological polar surface area (TPSA) is 69.7 Å². The molecular weight excluding hydrogens is 342 g/mol. The van der Waals surface area contributed by atoms with E-state index in [9.17, 15) is 14.4 Å². The summed E-state index contributed by atoms with van der Waals surface area (Å²) < 4.78 is 0. The van der Waals surface area contributed by atoms with Gasteiger partial charge in [-0.15, -0.1) is 0 Å². The van der Waals surface area contributed by atoms with E-state index in [1.807, 2.05) is 50.2 Å². The summed E-state index contributed by atoms with van der Waals surface area (Å²) in [4.78, 5) is 39.7. The Labute approximate surface area is 158 Å². The third-order valence-electron chi connectivity index (χ3n) is 4.76. The third kappa shape index (κ3) is 4.16. The van der Waals surface area contributed by atoms with Gasteiger partial charge in [0, 0.05) is 37.4 Å². The minimum Gasteiger partial charge on any atom is -0.333 e. The minimum atomic E-state index is -0.468. The van der Waals surface area contributed by atoms with Crippen LogP contribution in [0.25, 0.3) is 0 Å². The SMILES string of the molecule is CCN1CCN(Cc2ccc(C(=O)Nc3ccccc3C)cc2)C(=O)C1=O. The summed E-state index contributed by atoms with van der Waals surface area (Å²) in [5.74, 6) is -1.10. The van der Waals surface area contributed by atoms with E-state index >= 15 is 0 Å². The van der Waals surface area contributed by atoms with Crippen molar-refractivity contribution in [3.63, 3.8) is 0 Å². The van der Waals surface area contributed by atoms with Crippen LogP contribution in [0.15, 0.2) is 48.5 Å². The molecule has 1 aliphatic heterocycles. The highest BCUT2D eigenvalue weighted by molar-refractivity contribution is 6.35. The Morgan fingerprint density at radius 2 is 1.59 bits per heavy atom. The molecule has 0 aromatic heterocycles. The Bertz CT molecular complexity index is 861. The Kier molecular flexibility index (Phi) is 5.54. The number of rotatable bonds is 5. The van der Waals surface area contributed by atoms with Gasteiger partial charge in [0.15, 0.2) is 0 Å². The van der Waals surface area contributed by atoms with Gasteiger partial charge in [-0.05, 0) is 43.2 Å². The number of nitrogens with zero attached hydrogens (tertiary/aromatic N) is 2. The molecule has 6 nitrogen and oxygen atoms in total. The second-order valence-electron chi connectivity index (χ2n) is 6.58. The van der Waals surface area contributed by atoms with E-state index in [0.717, 1.165) is 16.8 Å². The summed E-state index contributed by atoms with van der Waals surface area (Å²) in [6.45, 7) is 5.79. The molecule has 1 fully saturated rings.